The smallest absolute Gasteiger partial charge is 0.343 e. The third-order valence-corrected chi connectivity index (χ3v) is 4.28. The van der Waals surface area contributed by atoms with Crippen molar-refractivity contribution >= 4 is 29.7 Å². The van der Waals surface area contributed by atoms with Crippen molar-refractivity contribution in [3.8, 4) is 17.2 Å². The van der Waals surface area contributed by atoms with Crippen LogP contribution in [0.2, 0.25) is 5.02 Å². The number of amides is 1. The monoisotopic (exact) mass is 438 g/mol. The van der Waals surface area contributed by atoms with Crippen molar-refractivity contribution in [3.63, 3.8) is 0 Å². The highest BCUT2D eigenvalue weighted by molar-refractivity contribution is 6.30. The first-order chi connectivity index (χ1) is 15.0. The van der Waals surface area contributed by atoms with E-state index in [9.17, 15) is 9.59 Å². The number of carbonyl (C=O) groups excluding carboxylic acids is 2. The summed E-state index contributed by atoms with van der Waals surface area (Å²) < 4.78 is 15.9. The lowest BCUT2D eigenvalue weighted by Crippen LogP contribution is -2.24. The lowest BCUT2D eigenvalue weighted by molar-refractivity contribution is -0.123. The zero-order valence-electron chi connectivity index (χ0n) is 16.6. The maximum Gasteiger partial charge on any atom is 0.343 e. The number of hydrazone groups is 1. The summed E-state index contributed by atoms with van der Waals surface area (Å²) in [4.78, 5) is 24.3. The van der Waals surface area contributed by atoms with Gasteiger partial charge in [0.15, 0.2) is 6.61 Å². The van der Waals surface area contributed by atoms with Crippen LogP contribution in [0.15, 0.2) is 77.9 Å². The number of esters is 1. The average Bonchev–Trinajstić information content (AvgIpc) is 2.79. The van der Waals surface area contributed by atoms with E-state index in [0.717, 1.165) is 0 Å². The molecule has 0 bridgehead atoms. The Morgan fingerprint density at radius 3 is 2.35 bits per heavy atom. The van der Waals surface area contributed by atoms with Gasteiger partial charge in [-0.15, -0.1) is 0 Å². The van der Waals surface area contributed by atoms with Gasteiger partial charge in [0.25, 0.3) is 5.91 Å². The summed E-state index contributed by atoms with van der Waals surface area (Å²) in [6.45, 7) is -0.211. The molecule has 0 radical (unpaired) electrons. The van der Waals surface area contributed by atoms with E-state index in [0.29, 0.717) is 33.4 Å². The van der Waals surface area contributed by atoms with Crippen LogP contribution in [0, 0.1) is 0 Å². The fraction of sp³-hybridized carbons (Fsp3) is 0.0870. The molecule has 8 heteroatoms. The largest absolute Gasteiger partial charge is 0.497 e. The molecule has 3 rings (SSSR count). The number of ether oxygens (including phenoxy) is 3. The molecule has 7 nitrogen and oxygen atoms in total. The highest BCUT2D eigenvalue weighted by Gasteiger charge is 2.11. The van der Waals surface area contributed by atoms with Gasteiger partial charge in [0.05, 0.1) is 18.9 Å². The predicted molar refractivity (Wildman–Crippen MR) is 117 cm³/mol. The number of nitrogens with one attached hydrogen (secondary N) is 1. The second-order valence-corrected chi connectivity index (χ2v) is 6.63. The maximum absolute atomic E-state index is 12.3. The van der Waals surface area contributed by atoms with Crippen molar-refractivity contribution in [3.05, 3.63) is 88.9 Å². The highest BCUT2D eigenvalue weighted by atomic mass is 35.5. The molecule has 0 saturated heterocycles. The molecule has 0 aromatic heterocycles. The number of carbonyl (C=O) groups is 2. The molecule has 0 saturated carbocycles. The molecule has 158 valence electrons. The van der Waals surface area contributed by atoms with E-state index < -0.39 is 11.9 Å². The fourth-order valence-corrected chi connectivity index (χ4v) is 2.58. The normalized spacial score (nSPS) is 10.5. The minimum Gasteiger partial charge on any atom is -0.497 e. The Morgan fingerprint density at radius 2 is 1.65 bits per heavy atom. The van der Waals surface area contributed by atoms with Crippen LogP contribution in [-0.2, 0) is 4.79 Å². The minimum atomic E-state index is -0.533. The van der Waals surface area contributed by atoms with Crippen molar-refractivity contribution in [2.45, 2.75) is 0 Å². The molecule has 0 fully saturated rings. The summed E-state index contributed by atoms with van der Waals surface area (Å²) in [6.07, 6.45) is 1.38. The molecule has 0 unspecified atom stereocenters. The SMILES string of the molecule is COc1ccc(OCC(=O)N/N=C\c2ccccc2OC(=O)c2ccc(Cl)cc2)cc1. The summed E-state index contributed by atoms with van der Waals surface area (Å²) in [5.41, 5.74) is 3.24. The number of rotatable bonds is 8. The Bertz CT molecular complexity index is 1070. The average molecular weight is 439 g/mol. The molecule has 1 amide bonds. The first-order valence-corrected chi connectivity index (χ1v) is 9.58. The van der Waals surface area contributed by atoms with Gasteiger partial charge >= 0.3 is 5.97 Å². The predicted octanol–water partition coefficient (Wildman–Crippen LogP) is 4.10. The lowest BCUT2D eigenvalue weighted by Gasteiger charge is -2.08. The molecule has 0 aliphatic rings. The summed E-state index contributed by atoms with van der Waals surface area (Å²) >= 11 is 5.84. The second kappa shape index (κ2) is 10.8. The van der Waals surface area contributed by atoms with Gasteiger partial charge in [0, 0.05) is 10.6 Å². The second-order valence-electron chi connectivity index (χ2n) is 6.19. The van der Waals surface area contributed by atoms with Crippen LogP contribution in [0.25, 0.3) is 0 Å². The van der Waals surface area contributed by atoms with Gasteiger partial charge in [0.1, 0.15) is 17.2 Å². The zero-order chi connectivity index (χ0) is 22.1. The first kappa shape index (κ1) is 21.9. The van der Waals surface area contributed by atoms with Gasteiger partial charge in [0.2, 0.25) is 0 Å². The number of para-hydroxylation sites is 1. The van der Waals surface area contributed by atoms with Crippen molar-refractivity contribution < 1.29 is 23.8 Å². The van der Waals surface area contributed by atoms with Crippen LogP contribution in [0.3, 0.4) is 0 Å². The van der Waals surface area contributed by atoms with E-state index in [1.54, 1.807) is 79.9 Å². The number of nitrogens with zero attached hydrogens (tertiary/aromatic N) is 1. The topological polar surface area (TPSA) is 86.2 Å². The van der Waals surface area contributed by atoms with Crippen LogP contribution in [0.1, 0.15) is 15.9 Å². The van der Waals surface area contributed by atoms with E-state index in [1.165, 1.54) is 6.21 Å². The zero-order valence-corrected chi connectivity index (χ0v) is 17.3. The van der Waals surface area contributed by atoms with E-state index >= 15 is 0 Å². The Kier molecular flexibility index (Phi) is 7.61. The molecule has 0 atom stereocenters. The van der Waals surface area contributed by atoms with E-state index in [2.05, 4.69) is 10.5 Å². The van der Waals surface area contributed by atoms with Crippen molar-refractivity contribution in [2.24, 2.45) is 5.10 Å². The first-order valence-electron chi connectivity index (χ1n) is 9.20. The third-order valence-electron chi connectivity index (χ3n) is 4.02. The summed E-state index contributed by atoms with van der Waals surface area (Å²) in [6, 6.07) is 20.0. The fourth-order valence-electron chi connectivity index (χ4n) is 2.45. The van der Waals surface area contributed by atoms with E-state index in [1.807, 2.05) is 0 Å². The molecule has 31 heavy (non-hydrogen) atoms. The summed E-state index contributed by atoms with van der Waals surface area (Å²) in [5, 5.41) is 4.42. The number of hydrogen-bond acceptors (Lipinski definition) is 6. The molecule has 0 aliphatic heterocycles. The van der Waals surface area contributed by atoms with Crippen LogP contribution in [0.5, 0.6) is 17.2 Å². The number of benzene rings is 3. The number of methoxy groups -OCH3 is 1. The number of halogens is 1. The van der Waals surface area contributed by atoms with Gasteiger partial charge in [-0.05, 0) is 60.7 Å². The van der Waals surface area contributed by atoms with Crippen molar-refractivity contribution in [1.82, 2.24) is 5.43 Å². The quantitative estimate of drug-likeness (QED) is 0.248. The third kappa shape index (κ3) is 6.58. The van der Waals surface area contributed by atoms with Gasteiger partial charge in [-0.3, -0.25) is 4.79 Å². The maximum atomic E-state index is 12.3. The van der Waals surface area contributed by atoms with Gasteiger partial charge in [-0.25, -0.2) is 10.2 Å². The number of hydrogen-bond donors (Lipinski definition) is 1. The van der Waals surface area contributed by atoms with E-state index in [-0.39, 0.29) is 6.61 Å². The van der Waals surface area contributed by atoms with Gasteiger partial charge in [-0.2, -0.15) is 5.10 Å². The van der Waals surface area contributed by atoms with Crippen molar-refractivity contribution in [1.29, 1.82) is 0 Å². The van der Waals surface area contributed by atoms with Crippen LogP contribution < -0.4 is 19.6 Å². The minimum absolute atomic E-state index is 0.211. The van der Waals surface area contributed by atoms with Gasteiger partial charge < -0.3 is 14.2 Å². The molecule has 0 aliphatic carbocycles. The Labute approximate surface area is 184 Å². The molecule has 3 aromatic rings. The molecule has 3 aromatic carbocycles. The molecular formula is C23H19ClN2O5. The Morgan fingerprint density at radius 1 is 0.968 bits per heavy atom. The Balaban J connectivity index is 1.55. The summed E-state index contributed by atoms with van der Waals surface area (Å²) in [7, 11) is 1.57. The van der Waals surface area contributed by atoms with E-state index in [4.69, 9.17) is 25.8 Å². The van der Waals surface area contributed by atoms with Crippen LogP contribution in [-0.4, -0.2) is 31.8 Å². The summed E-state index contributed by atoms with van der Waals surface area (Å²) in [5.74, 6) is 0.545. The lowest BCUT2D eigenvalue weighted by atomic mass is 10.2. The van der Waals surface area contributed by atoms with Crippen molar-refractivity contribution in [2.75, 3.05) is 13.7 Å². The molecular weight excluding hydrogens is 420 g/mol. The van der Waals surface area contributed by atoms with Gasteiger partial charge in [-0.1, -0.05) is 23.7 Å². The highest BCUT2D eigenvalue weighted by Crippen LogP contribution is 2.19. The molecule has 0 heterocycles. The van der Waals surface area contributed by atoms with Crippen LogP contribution >= 0.6 is 11.6 Å². The van der Waals surface area contributed by atoms with Crippen LogP contribution in [0.4, 0.5) is 0 Å². The molecule has 0 spiro atoms. The standard InChI is InChI=1S/C23H19ClN2O5/c1-29-19-10-12-20(13-11-19)30-15-22(27)26-25-14-17-4-2-3-5-21(17)31-23(28)16-6-8-18(24)9-7-16/h2-14H,15H2,1H3,(H,26,27)/b25-14-. The Hall–Kier alpha value is -3.84. The molecule has 1 N–H and O–H groups in total.